The second-order valence-corrected chi connectivity index (χ2v) is 3.28. The van der Waals surface area contributed by atoms with Gasteiger partial charge in [-0.15, -0.1) is 0 Å². The van der Waals surface area contributed by atoms with Crippen LogP contribution in [-0.2, 0) is 11.3 Å². The molecule has 0 aromatic heterocycles. The van der Waals surface area contributed by atoms with Crippen LogP contribution in [0.2, 0.25) is 0 Å². The number of rotatable bonds is 4. The molecular formula is C11H17NO. The van der Waals surface area contributed by atoms with Gasteiger partial charge in [0.05, 0.1) is 12.7 Å². The van der Waals surface area contributed by atoms with Crippen LogP contribution in [0.25, 0.3) is 0 Å². The standard InChI is InChI=1S/C11H17NO/c1-9-5-3-4-6-11(9)8-13-10(2)7-12/h3-6,10H,7-8,12H2,1-2H3/t10-/m0/s1. The van der Waals surface area contributed by atoms with E-state index in [1.165, 1.54) is 11.1 Å². The SMILES string of the molecule is Cc1ccccc1CO[C@@H](C)CN. The Hall–Kier alpha value is -0.860. The molecule has 72 valence electrons. The molecule has 0 bridgehead atoms. The van der Waals surface area contributed by atoms with Crippen LogP contribution in [0.15, 0.2) is 24.3 Å². The van der Waals surface area contributed by atoms with Crippen molar-refractivity contribution in [1.29, 1.82) is 0 Å². The molecule has 0 spiro atoms. The van der Waals surface area contributed by atoms with E-state index in [9.17, 15) is 0 Å². The maximum atomic E-state index is 5.53. The first-order valence-electron chi connectivity index (χ1n) is 4.60. The third kappa shape index (κ3) is 3.17. The lowest BCUT2D eigenvalue weighted by molar-refractivity contribution is 0.0587. The Bertz CT molecular complexity index is 260. The maximum Gasteiger partial charge on any atom is 0.0723 e. The summed E-state index contributed by atoms with van der Waals surface area (Å²) in [6.45, 7) is 5.31. The fourth-order valence-corrected chi connectivity index (χ4v) is 1.07. The lowest BCUT2D eigenvalue weighted by Gasteiger charge is -2.11. The van der Waals surface area contributed by atoms with Gasteiger partial charge in [-0.3, -0.25) is 0 Å². The molecule has 0 aliphatic rings. The fraction of sp³-hybridized carbons (Fsp3) is 0.455. The molecule has 0 fully saturated rings. The quantitative estimate of drug-likeness (QED) is 0.765. The predicted molar refractivity (Wildman–Crippen MR) is 54.5 cm³/mol. The van der Waals surface area contributed by atoms with Gasteiger partial charge >= 0.3 is 0 Å². The zero-order valence-corrected chi connectivity index (χ0v) is 8.29. The van der Waals surface area contributed by atoms with Crippen molar-refractivity contribution in [1.82, 2.24) is 0 Å². The molecule has 2 N–H and O–H groups in total. The van der Waals surface area contributed by atoms with Crippen molar-refractivity contribution >= 4 is 0 Å². The average molecular weight is 179 g/mol. The summed E-state index contributed by atoms with van der Waals surface area (Å²) < 4.78 is 5.53. The molecule has 0 radical (unpaired) electrons. The van der Waals surface area contributed by atoms with Crippen molar-refractivity contribution < 1.29 is 4.74 Å². The Kier molecular flexibility index (Phi) is 3.93. The van der Waals surface area contributed by atoms with Crippen LogP contribution in [0, 0.1) is 6.92 Å². The highest BCUT2D eigenvalue weighted by molar-refractivity contribution is 5.24. The van der Waals surface area contributed by atoms with E-state index in [0.29, 0.717) is 13.2 Å². The molecule has 2 heteroatoms. The van der Waals surface area contributed by atoms with Crippen molar-refractivity contribution in [2.75, 3.05) is 6.54 Å². The van der Waals surface area contributed by atoms with Crippen LogP contribution in [0.1, 0.15) is 18.1 Å². The zero-order valence-electron chi connectivity index (χ0n) is 8.29. The Morgan fingerprint density at radius 3 is 2.69 bits per heavy atom. The Morgan fingerprint density at radius 2 is 2.08 bits per heavy atom. The number of benzene rings is 1. The summed E-state index contributed by atoms with van der Waals surface area (Å²) in [5.74, 6) is 0. The molecule has 0 aliphatic carbocycles. The van der Waals surface area contributed by atoms with Crippen LogP contribution in [0.4, 0.5) is 0 Å². The molecule has 0 saturated heterocycles. The van der Waals surface area contributed by atoms with Gasteiger partial charge < -0.3 is 10.5 Å². The van der Waals surface area contributed by atoms with Gasteiger partial charge in [-0.05, 0) is 25.0 Å². The molecule has 2 nitrogen and oxygen atoms in total. The molecule has 1 rings (SSSR count). The molecule has 0 saturated carbocycles. The second-order valence-electron chi connectivity index (χ2n) is 3.28. The van der Waals surface area contributed by atoms with Crippen LogP contribution in [-0.4, -0.2) is 12.6 Å². The first-order valence-corrected chi connectivity index (χ1v) is 4.60. The van der Waals surface area contributed by atoms with Gasteiger partial charge in [0.1, 0.15) is 0 Å². The summed E-state index contributed by atoms with van der Waals surface area (Å²) in [4.78, 5) is 0. The van der Waals surface area contributed by atoms with E-state index in [0.717, 1.165) is 0 Å². The maximum absolute atomic E-state index is 5.53. The van der Waals surface area contributed by atoms with E-state index in [2.05, 4.69) is 19.1 Å². The van der Waals surface area contributed by atoms with Gasteiger partial charge in [-0.2, -0.15) is 0 Å². The van der Waals surface area contributed by atoms with E-state index in [1.54, 1.807) is 0 Å². The van der Waals surface area contributed by atoms with E-state index < -0.39 is 0 Å². The van der Waals surface area contributed by atoms with Gasteiger partial charge in [-0.1, -0.05) is 24.3 Å². The van der Waals surface area contributed by atoms with Gasteiger partial charge in [-0.25, -0.2) is 0 Å². The second kappa shape index (κ2) is 5.00. The molecule has 1 atom stereocenters. The topological polar surface area (TPSA) is 35.2 Å². The Labute approximate surface area is 79.7 Å². The largest absolute Gasteiger partial charge is 0.373 e. The van der Waals surface area contributed by atoms with Crippen molar-refractivity contribution in [3.05, 3.63) is 35.4 Å². The summed E-state index contributed by atoms with van der Waals surface area (Å²) >= 11 is 0. The highest BCUT2D eigenvalue weighted by Crippen LogP contribution is 2.08. The lowest BCUT2D eigenvalue weighted by Crippen LogP contribution is -2.19. The molecule has 0 heterocycles. The third-order valence-electron chi connectivity index (χ3n) is 2.12. The molecule has 0 aliphatic heterocycles. The van der Waals surface area contributed by atoms with Crippen molar-refractivity contribution in [2.24, 2.45) is 5.73 Å². The molecule has 0 unspecified atom stereocenters. The number of hydrogen-bond acceptors (Lipinski definition) is 2. The van der Waals surface area contributed by atoms with Gasteiger partial charge in [0.25, 0.3) is 0 Å². The monoisotopic (exact) mass is 179 g/mol. The number of hydrogen-bond donors (Lipinski definition) is 1. The minimum absolute atomic E-state index is 0.139. The van der Waals surface area contributed by atoms with Crippen molar-refractivity contribution in [3.8, 4) is 0 Å². The highest BCUT2D eigenvalue weighted by atomic mass is 16.5. The summed E-state index contributed by atoms with van der Waals surface area (Å²) in [5.41, 5.74) is 7.96. The molecule has 1 aromatic rings. The van der Waals surface area contributed by atoms with Crippen LogP contribution >= 0.6 is 0 Å². The average Bonchev–Trinajstić information content (AvgIpc) is 2.16. The highest BCUT2D eigenvalue weighted by Gasteiger charge is 2.00. The van der Waals surface area contributed by atoms with Crippen molar-refractivity contribution in [3.63, 3.8) is 0 Å². The third-order valence-corrected chi connectivity index (χ3v) is 2.12. The lowest BCUT2D eigenvalue weighted by atomic mass is 10.1. The van der Waals surface area contributed by atoms with Crippen LogP contribution in [0.3, 0.4) is 0 Å². The summed E-state index contributed by atoms with van der Waals surface area (Å²) in [6, 6.07) is 8.23. The number of nitrogens with two attached hydrogens (primary N) is 1. The van der Waals surface area contributed by atoms with E-state index in [1.807, 2.05) is 19.1 Å². The normalized spacial score (nSPS) is 12.8. The van der Waals surface area contributed by atoms with Gasteiger partial charge in [0, 0.05) is 6.54 Å². The molecule has 13 heavy (non-hydrogen) atoms. The molecule has 0 amide bonds. The minimum Gasteiger partial charge on any atom is -0.373 e. The molecule has 1 aromatic carbocycles. The minimum atomic E-state index is 0.139. The van der Waals surface area contributed by atoms with Crippen LogP contribution < -0.4 is 5.73 Å². The van der Waals surface area contributed by atoms with Crippen molar-refractivity contribution in [2.45, 2.75) is 26.6 Å². The van der Waals surface area contributed by atoms with E-state index >= 15 is 0 Å². The Morgan fingerprint density at radius 1 is 1.38 bits per heavy atom. The summed E-state index contributed by atoms with van der Waals surface area (Å²) in [7, 11) is 0. The predicted octanol–water partition coefficient (Wildman–Crippen LogP) is 1.86. The summed E-state index contributed by atoms with van der Waals surface area (Å²) in [5, 5.41) is 0. The fourth-order valence-electron chi connectivity index (χ4n) is 1.07. The van der Waals surface area contributed by atoms with E-state index in [-0.39, 0.29) is 6.10 Å². The van der Waals surface area contributed by atoms with Gasteiger partial charge in [0.15, 0.2) is 0 Å². The first-order chi connectivity index (χ1) is 6.24. The Balaban J connectivity index is 2.50. The van der Waals surface area contributed by atoms with Gasteiger partial charge in [0.2, 0.25) is 0 Å². The molecular weight excluding hydrogens is 162 g/mol. The smallest absolute Gasteiger partial charge is 0.0723 e. The van der Waals surface area contributed by atoms with E-state index in [4.69, 9.17) is 10.5 Å². The van der Waals surface area contributed by atoms with Crippen LogP contribution in [0.5, 0.6) is 0 Å². The zero-order chi connectivity index (χ0) is 9.68. The first kappa shape index (κ1) is 10.2. The number of ether oxygens (including phenoxy) is 1. The number of aryl methyl sites for hydroxylation is 1. The summed E-state index contributed by atoms with van der Waals surface area (Å²) in [6.07, 6.45) is 0.139.